The third-order valence-electron chi connectivity index (χ3n) is 4.14. The summed E-state index contributed by atoms with van der Waals surface area (Å²) in [6, 6.07) is 6.92. The molecule has 24 heavy (non-hydrogen) atoms. The molecule has 1 saturated heterocycles. The summed E-state index contributed by atoms with van der Waals surface area (Å²) in [6.45, 7) is 2.95. The fraction of sp³-hybridized carbons (Fsp3) is 0.353. The largest absolute Gasteiger partial charge is 0.336 e. The van der Waals surface area contributed by atoms with Gasteiger partial charge in [0.2, 0.25) is 0 Å². The third kappa shape index (κ3) is 3.83. The monoisotopic (exact) mass is 346 g/mol. The Bertz CT molecular complexity index is 733. The number of aryl methyl sites for hydroxylation is 1. The van der Waals surface area contributed by atoms with Crippen molar-refractivity contribution in [1.82, 2.24) is 19.6 Å². The van der Waals surface area contributed by atoms with E-state index in [0.29, 0.717) is 48.9 Å². The number of ketones is 1. The van der Waals surface area contributed by atoms with Crippen molar-refractivity contribution < 1.29 is 9.59 Å². The molecule has 126 valence electrons. The molecule has 0 spiro atoms. The third-order valence-corrected chi connectivity index (χ3v) is 4.40. The van der Waals surface area contributed by atoms with Gasteiger partial charge in [-0.1, -0.05) is 11.6 Å². The minimum atomic E-state index is 0.00454. The minimum absolute atomic E-state index is 0.00454. The highest BCUT2D eigenvalue weighted by Crippen LogP contribution is 2.13. The van der Waals surface area contributed by atoms with Gasteiger partial charge in [-0.15, -0.1) is 0 Å². The number of carbonyl (C=O) groups is 2. The van der Waals surface area contributed by atoms with Crippen LogP contribution in [0.15, 0.2) is 36.7 Å². The van der Waals surface area contributed by atoms with Crippen molar-refractivity contribution in [2.24, 2.45) is 7.05 Å². The number of amides is 1. The molecule has 1 aromatic carbocycles. The number of carbonyl (C=O) groups excluding carboxylic acids is 2. The van der Waals surface area contributed by atoms with Gasteiger partial charge in [-0.2, -0.15) is 5.10 Å². The van der Waals surface area contributed by atoms with Crippen LogP contribution in [0.2, 0.25) is 5.02 Å². The van der Waals surface area contributed by atoms with Gasteiger partial charge in [0.1, 0.15) is 0 Å². The molecule has 0 aliphatic carbocycles. The van der Waals surface area contributed by atoms with Crippen LogP contribution in [0.4, 0.5) is 0 Å². The maximum Gasteiger partial charge on any atom is 0.253 e. The fourth-order valence-electron chi connectivity index (χ4n) is 2.74. The van der Waals surface area contributed by atoms with Crippen molar-refractivity contribution in [3.8, 4) is 0 Å². The molecule has 2 heterocycles. The van der Waals surface area contributed by atoms with Gasteiger partial charge in [0.05, 0.1) is 18.3 Å². The topological polar surface area (TPSA) is 58.4 Å². The first kappa shape index (κ1) is 16.7. The number of Topliss-reactive ketones (excluding diaryl/α,β-unsaturated/α-hetero) is 1. The second-order valence-electron chi connectivity index (χ2n) is 5.90. The highest BCUT2D eigenvalue weighted by Gasteiger charge is 2.23. The van der Waals surface area contributed by atoms with E-state index in [1.54, 1.807) is 48.4 Å². The molecule has 0 unspecified atom stereocenters. The molecule has 2 aromatic rings. The van der Waals surface area contributed by atoms with Crippen LogP contribution >= 0.6 is 11.6 Å². The number of nitrogens with zero attached hydrogens (tertiary/aromatic N) is 4. The van der Waals surface area contributed by atoms with E-state index in [0.717, 1.165) is 0 Å². The van der Waals surface area contributed by atoms with E-state index in [9.17, 15) is 9.59 Å². The molecule has 6 nitrogen and oxygen atoms in total. The molecule has 0 bridgehead atoms. The minimum Gasteiger partial charge on any atom is -0.336 e. The lowest BCUT2D eigenvalue weighted by molar-refractivity contribution is 0.0624. The van der Waals surface area contributed by atoms with Crippen molar-refractivity contribution in [2.75, 3.05) is 32.7 Å². The van der Waals surface area contributed by atoms with Crippen LogP contribution in [0.5, 0.6) is 0 Å². The average Bonchev–Trinajstić information content (AvgIpc) is 3.02. The maximum absolute atomic E-state index is 12.5. The average molecular weight is 347 g/mol. The first-order valence-electron chi connectivity index (χ1n) is 7.82. The van der Waals surface area contributed by atoms with Crippen LogP contribution < -0.4 is 0 Å². The van der Waals surface area contributed by atoms with Gasteiger partial charge in [-0.3, -0.25) is 19.2 Å². The number of piperazine rings is 1. The standard InChI is InChI=1S/C17H19ClN4O2/c1-20-11-14(10-19-20)16(23)12-21-6-8-22(9-7-21)17(24)13-2-4-15(18)5-3-13/h2-5,10-11H,6-9,12H2,1H3. The number of hydrogen-bond donors (Lipinski definition) is 0. The van der Waals surface area contributed by atoms with Gasteiger partial charge in [-0.05, 0) is 24.3 Å². The summed E-state index contributed by atoms with van der Waals surface area (Å²) in [5, 5.41) is 4.64. The van der Waals surface area contributed by atoms with Crippen molar-refractivity contribution in [2.45, 2.75) is 0 Å². The molecule has 1 aliphatic heterocycles. The predicted octanol–water partition coefficient (Wildman–Crippen LogP) is 1.71. The molecule has 0 saturated carbocycles. The normalized spacial score (nSPS) is 15.5. The highest BCUT2D eigenvalue weighted by molar-refractivity contribution is 6.30. The molecule has 1 aromatic heterocycles. The van der Waals surface area contributed by atoms with E-state index in [4.69, 9.17) is 11.6 Å². The Morgan fingerprint density at radius 3 is 2.33 bits per heavy atom. The zero-order chi connectivity index (χ0) is 17.1. The summed E-state index contributed by atoms with van der Waals surface area (Å²) < 4.78 is 1.62. The lowest BCUT2D eigenvalue weighted by Crippen LogP contribution is -2.49. The number of halogens is 1. The number of rotatable bonds is 4. The van der Waals surface area contributed by atoms with E-state index < -0.39 is 0 Å². The lowest BCUT2D eigenvalue weighted by Gasteiger charge is -2.34. The Morgan fingerprint density at radius 2 is 1.75 bits per heavy atom. The van der Waals surface area contributed by atoms with Gasteiger partial charge in [0, 0.05) is 50.0 Å². The molecule has 1 amide bonds. The quantitative estimate of drug-likeness (QED) is 0.791. The van der Waals surface area contributed by atoms with Crippen molar-refractivity contribution in [3.63, 3.8) is 0 Å². The summed E-state index contributed by atoms with van der Waals surface area (Å²) in [5.74, 6) is 0.0606. The summed E-state index contributed by atoms with van der Waals surface area (Å²) in [5.41, 5.74) is 1.26. The molecule has 0 N–H and O–H groups in total. The van der Waals surface area contributed by atoms with Crippen molar-refractivity contribution in [3.05, 3.63) is 52.8 Å². The van der Waals surface area contributed by atoms with Gasteiger partial charge >= 0.3 is 0 Å². The summed E-state index contributed by atoms with van der Waals surface area (Å²) in [4.78, 5) is 28.5. The highest BCUT2D eigenvalue weighted by atomic mass is 35.5. The van der Waals surface area contributed by atoms with Gasteiger partial charge in [-0.25, -0.2) is 0 Å². The Labute approximate surface area is 145 Å². The Balaban J connectivity index is 1.53. The number of hydrogen-bond acceptors (Lipinski definition) is 4. The fourth-order valence-corrected chi connectivity index (χ4v) is 2.87. The van der Waals surface area contributed by atoms with Crippen LogP contribution in [0.25, 0.3) is 0 Å². The van der Waals surface area contributed by atoms with Gasteiger partial charge < -0.3 is 4.90 Å². The molecule has 1 aliphatic rings. The summed E-state index contributed by atoms with van der Waals surface area (Å²) >= 11 is 5.85. The van der Waals surface area contributed by atoms with Crippen LogP contribution in [-0.4, -0.2) is 64.0 Å². The van der Waals surface area contributed by atoms with Gasteiger partial charge in [0.15, 0.2) is 5.78 Å². The zero-order valence-electron chi connectivity index (χ0n) is 13.5. The van der Waals surface area contributed by atoms with E-state index in [-0.39, 0.29) is 11.7 Å². The maximum atomic E-state index is 12.5. The molecule has 3 rings (SSSR count). The predicted molar refractivity (Wildman–Crippen MR) is 91.3 cm³/mol. The molecular formula is C17H19ClN4O2. The van der Waals surface area contributed by atoms with Crippen molar-refractivity contribution in [1.29, 1.82) is 0 Å². The van der Waals surface area contributed by atoms with Crippen molar-refractivity contribution >= 4 is 23.3 Å². The zero-order valence-corrected chi connectivity index (χ0v) is 14.2. The summed E-state index contributed by atoms with van der Waals surface area (Å²) in [6.07, 6.45) is 3.31. The summed E-state index contributed by atoms with van der Waals surface area (Å²) in [7, 11) is 1.79. The SMILES string of the molecule is Cn1cc(C(=O)CN2CCN(C(=O)c3ccc(Cl)cc3)CC2)cn1. The van der Waals surface area contributed by atoms with E-state index in [1.165, 1.54) is 0 Å². The smallest absolute Gasteiger partial charge is 0.253 e. The second kappa shape index (κ2) is 7.15. The van der Waals surface area contributed by atoms with E-state index in [1.807, 2.05) is 4.90 Å². The Kier molecular flexibility index (Phi) is 4.97. The van der Waals surface area contributed by atoms with Crippen LogP contribution in [0.1, 0.15) is 20.7 Å². The lowest BCUT2D eigenvalue weighted by atomic mass is 10.1. The molecule has 1 fully saturated rings. The molecule has 7 heteroatoms. The van der Waals surface area contributed by atoms with Crippen LogP contribution in [-0.2, 0) is 7.05 Å². The molecule has 0 atom stereocenters. The van der Waals surface area contributed by atoms with Crippen LogP contribution in [0.3, 0.4) is 0 Å². The number of aromatic nitrogens is 2. The van der Waals surface area contributed by atoms with E-state index >= 15 is 0 Å². The molecular weight excluding hydrogens is 328 g/mol. The first-order valence-corrected chi connectivity index (χ1v) is 8.20. The van der Waals surface area contributed by atoms with Crippen LogP contribution in [0, 0.1) is 0 Å². The Hall–Kier alpha value is -2.18. The van der Waals surface area contributed by atoms with E-state index in [2.05, 4.69) is 10.00 Å². The Morgan fingerprint density at radius 1 is 1.08 bits per heavy atom. The van der Waals surface area contributed by atoms with Gasteiger partial charge in [0.25, 0.3) is 5.91 Å². The number of benzene rings is 1. The second-order valence-corrected chi connectivity index (χ2v) is 6.34. The first-order chi connectivity index (χ1) is 11.5. The molecule has 0 radical (unpaired) electrons.